The molecular weight excluding hydrogens is 319 g/mol. The fourth-order valence-electron chi connectivity index (χ4n) is 1.63. The summed E-state index contributed by atoms with van der Waals surface area (Å²) in [4.78, 5) is 0. The van der Waals surface area contributed by atoms with Crippen LogP contribution in [0.1, 0.15) is 54.4 Å². The first-order chi connectivity index (χ1) is 9.34. The van der Waals surface area contributed by atoms with Crippen LogP contribution in [0.5, 0.6) is 0 Å². The standard InChI is InChI=1S/2C8H11.C3H6.Zr/c2*1-7(2)8-5-3-4-6-8;1-3-2;/h2*5-7H,3H2,1-2H3;1-2H3;/q2*-1;;+2. The van der Waals surface area contributed by atoms with Crippen LogP contribution in [0.2, 0.25) is 0 Å². The molecule has 0 saturated carbocycles. The second-order valence-electron chi connectivity index (χ2n) is 5.82. The molecule has 0 fully saturated rings. The Morgan fingerprint density at radius 1 is 0.900 bits per heavy atom. The number of hydrogen-bond donors (Lipinski definition) is 0. The minimum atomic E-state index is 0.685. The molecule has 20 heavy (non-hydrogen) atoms. The van der Waals surface area contributed by atoms with E-state index in [2.05, 4.69) is 78.0 Å². The fourth-order valence-corrected chi connectivity index (χ4v) is 1.63. The molecule has 0 spiro atoms. The summed E-state index contributed by atoms with van der Waals surface area (Å²) in [5.74, 6) is 1.37. The molecule has 108 valence electrons. The Bertz CT molecular complexity index is 365. The molecule has 0 saturated heterocycles. The van der Waals surface area contributed by atoms with E-state index in [0.29, 0.717) is 11.8 Å². The van der Waals surface area contributed by atoms with Crippen LogP contribution in [-0.2, 0) is 24.2 Å². The zero-order chi connectivity index (χ0) is 15.5. The summed E-state index contributed by atoms with van der Waals surface area (Å²) in [6.07, 6.45) is 16.9. The van der Waals surface area contributed by atoms with Gasteiger partial charge >= 0.3 is 41.3 Å². The van der Waals surface area contributed by atoms with Crippen LogP contribution in [0.4, 0.5) is 0 Å². The predicted octanol–water partition coefficient (Wildman–Crippen LogP) is 5.41. The number of rotatable bonds is 2. The maximum atomic E-state index is 3.14. The van der Waals surface area contributed by atoms with E-state index >= 15 is 0 Å². The van der Waals surface area contributed by atoms with E-state index in [0.717, 1.165) is 12.8 Å². The third-order valence-corrected chi connectivity index (χ3v) is 2.78. The van der Waals surface area contributed by atoms with Crippen molar-refractivity contribution in [3.8, 4) is 0 Å². The Hall–Kier alpha value is -0.287. The summed E-state index contributed by atoms with van der Waals surface area (Å²) in [6, 6.07) is 0. The molecule has 2 aliphatic rings. The zero-order valence-electron chi connectivity index (χ0n) is 13.9. The first-order valence-corrected chi connectivity index (χ1v) is 8.62. The van der Waals surface area contributed by atoms with Crippen molar-refractivity contribution in [2.45, 2.75) is 54.4 Å². The molecule has 0 aromatic carbocycles. The van der Waals surface area contributed by atoms with Gasteiger partial charge in [0.05, 0.1) is 0 Å². The summed E-state index contributed by atoms with van der Waals surface area (Å²) in [6.45, 7) is 13.1. The molecule has 1 heteroatoms. The fraction of sp³-hybridized carbons (Fsp3) is 0.526. The Morgan fingerprint density at radius 2 is 1.20 bits per heavy atom. The average molecular weight is 348 g/mol. The first-order valence-electron chi connectivity index (χ1n) is 7.39. The molecule has 0 aromatic heterocycles. The van der Waals surface area contributed by atoms with E-state index in [-0.39, 0.29) is 0 Å². The van der Waals surface area contributed by atoms with Gasteiger partial charge in [-0.15, -0.1) is 12.8 Å². The van der Waals surface area contributed by atoms with Gasteiger partial charge in [0.2, 0.25) is 0 Å². The second-order valence-corrected chi connectivity index (χ2v) is 8.28. The van der Waals surface area contributed by atoms with E-state index < -0.39 is 0 Å². The quantitative estimate of drug-likeness (QED) is 0.586. The molecule has 0 bridgehead atoms. The van der Waals surface area contributed by atoms with E-state index in [4.69, 9.17) is 0 Å². The van der Waals surface area contributed by atoms with Crippen LogP contribution in [0, 0.1) is 24.0 Å². The van der Waals surface area contributed by atoms with Gasteiger partial charge in [-0.2, -0.15) is 23.3 Å². The Morgan fingerprint density at radius 3 is 1.30 bits per heavy atom. The third kappa shape index (κ3) is 10.5. The SMILES string of the molecule is CC(C)C1=CC[C-]=C1.CC(C)C1=CC[C-]=C1.C[C](C)=[Zr+2]. The van der Waals surface area contributed by atoms with Gasteiger partial charge in [-0.25, -0.2) is 12.2 Å². The van der Waals surface area contributed by atoms with Gasteiger partial charge in [-0.1, -0.05) is 39.5 Å². The molecule has 0 amide bonds. The monoisotopic (exact) mass is 346 g/mol. The Balaban J connectivity index is 0.000000289. The molecule has 0 atom stereocenters. The number of allylic oxidation sites excluding steroid dienone is 8. The summed E-state index contributed by atoms with van der Waals surface area (Å²) in [5, 5.41) is 0. The van der Waals surface area contributed by atoms with Crippen LogP contribution in [0.15, 0.2) is 35.5 Å². The van der Waals surface area contributed by atoms with E-state index in [1.54, 1.807) is 24.2 Å². The molecule has 0 nitrogen and oxygen atoms in total. The average Bonchev–Trinajstić information content (AvgIpc) is 3.03. The van der Waals surface area contributed by atoms with Crippen LogP contribution in [-0.4, -0.2) is 3.21 Å². The summed E-state index contributed by atoms with van der Waals surface area (Å²) < 4.78 is 1.51. The molecular formula is C19H28Zr. The van der Waals surface area contributed by atoms with Crippen molar-refractivity contribution in [3.63, 3.8) is 0 Å². The van der Waals surface area contributed by atoms with Crippen molar-refractivity contribution >= 4 is 3.21 Å². The Labute approximate surface area is 141 Å². The van der Waals surface area contributed by atoms with Gasteiger partial charge in [0.1, 0.15) is 0 Å². The van der Waals surface area contributed by atoms with E-state index in [9.17, 15) is 0 Å². The van der Waals surface area contributed by atoms with E-state index in [1.165, 1.54) is 14.4 Å². The molecule has 2 aliphatic carbocycles. The van der Waals surface area contributed by atoms with Crippen LogP contribution >= 0.6 is 0 Å². The normalized spacial score (nSPS) is 15.5. The molecule has 0 aromatic rings. The van der Waals surface area contributed by atoms with Gasteiger partial charge in [0.15, 0.2) is 0 Å². The predicted molar refractivity (Wildman–Crippen MR) is 87.1 cm³/mol. The maximum absolute atomic E-state index is 3.14. The van der Waals surface area contributed by atoms with Gasteiger partial charge in [0.25, 0.3) is 0 Å². The summed E-state index contributed by atoms with van der Waals surface area (Å²) >= 11 is 1.55. The van der Waals surface area contributed by atoms with Gasteiger partial charge in [-0.05, 0) is 0 Å². The van der Waals surface area contributed by atoms with E-state index in [1.807, 2.05) is 0 Å². The Kier molecular flexibility index (Phi) is 11.2. The molecule has 2 rings (SSSR count). The number of hydrogen-bond acceptors (Lipinski definition) is 0. The van der Waals surface area contributed by atoms with Crippen molar-refractivity contribution < 1.29 is 24.2 Å². The molecule has 0 unspecified atom stereocenters. The van der Waals surface area contributed by atoms with Crippen molar-refractivity contribution in [1.82, 2.24) is 0 Å². The molecule has 0 radical (unpaired) electrons. The van der Waals surface area contributed by atoms with Crippen molar-refractivity contribution in [1.29, 1.82) is 0 Å². The first kappa shape index (κ1) is 19.7. The zero-order valence-corrected chi connectivity index (χ0v) is 16.3. The second kappa shape index (κ2) is 11.4. The van der Waals surface area contributed by atoms with Crippen LogP contribution in [0.3, 0.4) is 0 Å². The third-order valence-electron chi connectivity index (χ3n) is 2.78. The van der Waals surface area contributed by atoms with Crippen LogP contribution in [0.25, 0.3) is 0 Å². The summed E-state index contributed by atoms with van der Waals surface area (Å²) in [7, 11) is 0. The van der Waals surface area contributed by atoms with Gasteiger partial charge in [-0.3, -0.25) is 12.2 Å². The van der Waals surface area contributed by atoms with Crippen molar-refractivity contribution in [2.75, 3.05) is 0 Å². The topological polar surface area (TPSA) is 0 Å². The minimum absolute atomic E-state index is 0.685. The summed E-state index contributed by atoms with van der Waals surface area (Å²) in [5.41, 5.74) is 2.87. The van der Waals surface area contributed by atoms with Gasteiger partial charge < -0.3 is 0 Å². The molecule has 0 aliphatic heterocycles. The molecule has 0 heterocycles. The van der Waals surface area contributed by atoms with Crippen molar-refractivity contribution in [2.24, 2.45) is 11.8 Å². The van der Waals surface area contributed by atoms with Crippen LogP contribution < -0.4 is 0 Å². The van der Waals surface area contributed by atoms with Gasteiger partial charge in [0, 0.05) is 0 Å². The molecule has 0 N–H and O–H groups in total. The van der Waals surface area contributed by atoms with Crippen molar-refractivity contribution in [3.05, 3.63) is 47.6 Å².